The fourth-order valence-corrected chi connectivity index (χ4v) is 6.86. The maximum atomic E-state index is 13.5. The Balaban J connectivity index is 1.12. The third-order valence-corrected chi connectivity index (χ3v) is 9.57. The number of phenols is 1. The van der Waals surface area contributed by atoms with Crippen LogP contribution in [0.2, 0.25) is 0 Å². The molecule has 2 atom stereocenters. The summed E-state index contributed by atoms with van der Waals surface area (Å²) in [6.45, 7) is 8.79. The van der Waals surface area contributed by atoms with Crippen LogP contribution in [0.3, 0.4) is 0 Å². The number of anilines is 1. The SMILES string of the molecule is CCc1nc2c(cnn2CC)c(NC2CCOCC2)c1CNC(=O)c1cccc(CC(C)CC[C@H](O)c2ccc(O)c3[nH]c(=O)ccc23)c1. The van der Waals surface area contributed by atoms with E-state index in [1.165, 1.54) is 12.1 Å². The van der Waals surface area contributed by atoms with Gasteiger partial charge in [0, 0.05) is 60.6 Å². The van der Waals surface area contributed by atoms with Crippen molar-refractivity contribution in [2.75, 3.05) is 18.5 Å². The molecule has 3 aromatic heterocycles. The second-order valence-corrected chi connectivity index (χ2v) is 13.1. The lowest BCUT2D eigenvalue weighted by Crippen LogP contribution is -2.30. The van der Waals surface area contributed by atoms with Crippen molar-refractivity contribution in [1.82, 2.24) is 25.1 Å². The molecule has 1 amide bonds. The molecule has 1 unspecified atom stereocenters. The maximum Gasteiger partial charge on any atom is 0.251 e. The van der Waals surface area contributed by atoms with Crippen LogP contribution in [0.5, 0.6) is 5.75 Å². The number of amides is 1. The van der Waals surface area contributed by atoms with Gasteiger partial charge in [0.05, 0.1) is 28.9 Å². The summed E-state index contributed by atoms with van der Waals surface area (Å²) in [4.78, 5) is 32.9. The van der Waals surface area contributed by atoms with Crippen LogP contribution in [0.1, 0.15) is 85.3 Å². The summed E-state index contributed by atoms with van der Waals surface area (Å²) in [5, 5.41) is 34.3. The minimum absolute atomic E-state index is 0.0273. The first-order valence-corrected chi connectivity index (χ1v) is 17.4. The van der Waals surface area contributed by atoms with E-state index in [0.717, 1.165) is 85.4 Å². The van der Waals surface area contributed by atoms with Gasteiger partial charge in [-0.2, -0.15) is 5.10 Å². The Morgan fingerprint density at radius 2 is 1.92 bits per heavy atom. The number of benzene rings is 2. The van der Waals surface area contributed by atoms with Gasteiger partial charge < -0.3 is 30.6 Å². The number of H-pyrrole nitrogens is 1. The number of hydrogen-bond acceptors (Lipinski definition) is 8. The number of pyridine rings is 2. The summed E-state index contributed by atoms with van der Waals surface area (Å²) in [5.41, 5.74) is 6.11. The lowest BCUT2D eigenvalue weighted by atomic mass is 9.92. The summed E-state index contributed by atoms with van der Waals surface area (Å²) < 4.78 is 7.51. The smallest absolute Gasteiger partial charge is 0.251 e. The molecule has 11 heteroatoms. The first-order chi connectivity index (χ1) is 23.7. The molecule has 0 saturated carbocycles. The van der Waals surface area contributed by atoms with Crippen molar-refractivity contribution in [3.05, 3.63) is 93.0 Å². The van der Waals surface area contributed by atoms with Crippen molar-refractivity contribution < 1.29 is 19.7 Å². The minimum Gasteiger partial charge on any atom is -0.506 e. The van der Waals surface area contributed by atoms with Gasteiger partial charge in [-0.05, 0) is 86.8 Å². The number of aliphatic hydroxyl groups is 1. The van der Waals surface area contributed by atoms with Gasteiger partial charge >= 0.3 is 0 Å². The number of aliphatic hydroxyl groups excluding tert-OH is 1. The number of aromatic nitrogens is 4. The highest BCUT2D eigenvalue weighted by atomic mass is 16.5. The average molecular weight is 667 g/mol. The van der Waals surface area contributed by atoms with Crippen LogP contribution in [0.4, 0.5) is 5.69 Å². The highest BCUT2D eigenvalue weighted by Gasteiger charge is 2.22. The number of ether oxygens (including phenoxy) is 1. The summed E-state index contributed by atoms with van der Waals surface area (Å²) in [5.74, 6) is 0.0649. The van der Waals surface area contributed by atoms with E-state index < -0.39 is 6.10 Å². The van der Waals surface area contributed by atoms with E-state index in [2.05, 4.69) is 41.5 Å². The average Bonchev–Trinajstić information content (AvgIpc) is 3.53. The third kappa shape index (κ3) is 7.63. The van der Waals surface area contributed by atoms with Crippen LogP contribution in [-0.2, 0) is 30.7 Å². The molecular formula is C38H46N6O5. The Bertz CT molecular complexity index is 2000. The molecule has 4 heterocycles. The highest BCUT2D eigenvalue weighted by Crippen LogP contribution is 2.33. The zero-order valence-corrected chi connectivity index (χ0v) is 28.5. The number of aryl methyl sites for hydroxylation is 2. The molecule has 0 radical (unpaired) electrons. The van der Waals surface area contributed by atoms with E-state index in [0.29, 0.717) is 35.0 Å². The normalized spacial score (nSPS) is 15.0. The van der Waals surface area contributed by atoms with Crippen molar-refractivity contribution in [3.63, 3.8) is 0 Å². The van der Waals surface area contributed by atoms with Crippen LogP contribution in [0, 0.1) is 5.92 Å². The lowest BCUT2D eigenvalue weighted by Gasteiger charge is -2.26. The second-order valence-electron chi connectivity index (χ2n) is 13.1. The molecule has 0 spiro atoms. The number of hydrogen-bond donors (Lipinski definition) is 5. The number of fused-ring (bicyclic) bond motifs is 2. The molecule has 49 heavy (non-hydrogen) atoms. The molecule has 0 bridgehead atoms. The molecule has 5 aromatic rings. The second kappa shape index (κ2) is 15.2. The van der Waals surface area contributed by atoms with Gasteiger partial charge in [0.2, 0.25) is 5.56 Å². The van der Waals surface area contributed by atoms with Gasteiger partial charge in [0.15, 0.2) is 5.65 Å². The highest BCUT2D eigenvalue weighted by molar-refractivity contribution is 5.95. The van der Waals surface area contributed by atoms with Crippen LogP contribution < -0.4 is 16.2 Å². The summed E-state index contributed by atoms with van der Waals surface area (Å²) in [6, 6.07) is 14.2. The largest absolute Gasteiger partial charge is 0.506 e. The van der Waals surface area contributed by atoms with Gasteiger partial charge in [-0.3, -0.25) is 9.59 Å². The molecule has 258 valence electrons. The fraction of sp³-hybridized carbons (Fsp3) is 0.421. The minimum atomic E-state index is -0.752. The predicted molar refractivity (Wildman–Crippen MR) is 191 cm³/mol. The van der Waals surface area contributed by atoms with Crippen molar-refractivity contribution in [2.24, 2.45) is 5.92 Å². The Hall–Kier alpha value is -4.74. The Morgan fingerprint density at radius 3 is 2.69 bits per heavy atom. The topological polar surface area (TPSA) is 154 Å². The molecule has 1 aliphatic rings. The summed E-state index contributed by atoms with van der Waals surface area (Å²) >= 11 is 0. The quantitative estimate of drug-likeness (QED) is 0.106. The van der Waals surface area contributed by atoms with Crippen molar-refractivity contribution in [1.29, 1.82) is 0 Å². The van der Waals surface area contributed by atoms with Crippen LogP contribution >= 0.6 is 0 Å². The van der Waals surface area contributed by atoms with E-state index in [1.807, 2.05) is 35.1 Å². The molecule has 5 N–H and O–H groups in total. The Labute approximate surface area is 285 Å². The standard InChI is InChI=1S/C38H46N6O5/c1-4-31-29(35(41-26-15-17-49-18-16-26)30-22-40-44(5-2)37(30)42-31)21-39-38(48)25-8-6-7-24(20-25)19-23(3)9-12-32(45)27-10-13-33(46)36-28(27)11-14-34(47)43-36/h6-8,10-11,13-14,20,22-23,26,32,45-46H,4-5,9,12,15-19,21H2,1-3H3,(H,39,48)(H,41,42)(H,43,47)/t23?,32-/m0/s1. The maximum absolute atomic E-state index is 13.5. The summed E-state index contributed by atoms with van der Waals surface area (Å²) in [7, 11) is 0. The van der Waals surface area contributed by atoms with Crippen molar-refractivity contribution in [3.8, 4) is 5.75 Å². The molecule has 1 saturated heterocycles. The predicted octanol–water partition coefficient (Wildman–Crippen LogP) is 5.77. The van der Waals surface area contributed by atoms with Crippen molar-refractivity contribution >= 4 is 33.5 Å². The van der Waals surface area contributed by atoms with E-state index in [9.17, 15) is 19.8 Å². The zero-order chi connectivity index (χ0) is 34.5. The fourth-order valence-electron chi connectivity index (χ4n) is 6.86. The molecular weight excluding hydrogens is 620 g/mol. The molecule has 1 aliphatic heterocycles. The molecule has 6 rings (SSSR count). The van der Waals surface area contributed by atoms with E-state index in [4.69, 9.17) is 9.72 Å². The van der Waals surface area contributed by atoms with E-state index in [-0.39, 0.29) is 29.2 Å². The molecule has 2 aromatic carbocycles. The van der Waals surface area contributed by atoms with Crippen LogP contribution in [0.25, 0.3) is 21.9 Å². The van der Waals surface area contributed by atoms with Crippen molar-refractivity contribution in [2.45, 2.75) is 84.5 Å². The van der Waals surface area contributed by atoms with Crippen LogP contribution in [-0.4, -0.2) is 55.1 Å². The summed E-state index contributed by atoms with van der Waals surface area (Å²) in [6.07, 6.45) is 5.68. The monoisotopic (exact) mass is 666 g/mol. The number of carbonyl (C=O) groups excluding carboxylic acids is 1. The molecule has 1 fully saturated rings. The number of nitrogens with zero attached hydrogens (tertiary/aromatic N) is 3. The Morgan fingerprint density at radius 1 is 1.10 bits per heavy atom. The van der Waals surface area contributed by atoms with E-state index >= 15 is 0 Å². The van der Waals surface area contributed by atoms with Gasteiger partial charge in [-0.15, -0.1) is 0 Å². The first-order valence-electron chi connectivity index (χ1n) is 17.4. The van der Waals surface area contributed by atoms with Gasteiger partial charge in [0.25, 0.3) is 5.91 Å². The van der Waals surface area contributed by atoms with E-state index in [1.54, 1.807) is 12.1 Å². The number of phenolic OH excluding ortho intramolecular Hbond substituents is 1. The first kappa shape index (κ1) is 34.1. The number of aromatic hydroxyl groups is 1. The zero-order valence-electron chi connectivity index (χ0n) is 28.5. The van der Waals surface area contributed by atoms with Gasteiger partial charge in [-0.25, -0.2) is 9.67 Å². The molecule has 0 aliphatic carbocycles. The number of aromatic amines is 1. The van der Waals surface area contributed by atoms with Gasteiger partial charge in [0.1, 0.15) is 5.75 Å². The van der Waals surface area contributed by atoms with Gasteiger partial charge in [-0.1, -0.05) is 32.0 Å². The number of rotatable bonds is 13. The third-order valence-electron chi connectivity index (χ3n) is 9.57. The lowest BCUT2D eigenvalue weighted by molar-refractivity contribution is 0.0904. The Kier molecular flexibility index (Phi) is 10.6. The number of carbonyl (C=O) groups is 1. The molecule has 11 nitrogen and oxygen atoms in total. The van der Waals surface area contributed by atoms with Crippen LogP contribution in [0.15, 0.2) is 59.5 Å². The number of nitrogens with one attached hydrogen (secondary N) is 3.